The highest BCUT2D eigenvalue weighted by atomic mass is 16.5. The first-order chi connectivity index (χ1) is 12.2. The van der Waals surface area contributed by atoms with Gasteiger partial charge in [0.2, 0.25) is 0 Å². The molecule has 1 atom stereocenters. The number of carbonyl (C=O) groups is 1. The Labute approximate surface area is 146 Å². The van der Waals surface area contributed by atoms with Crippen LogP contribution in [-0.4, -0.2) is 33.9 Å². The van der Waals surface area contributed by atoms with Gasteiger partial charge in [0.1, 0.15) is 5.75 Å². The lowest BCUT2D eigenvalue weighted by atomic mass is 9.74. The zero-order chi connectivity index (χ0) is 17.4. The van der Waals surface area contributed by atoms with E-state index in [2.05, 4.69) is 21.6 Å². The number of benzene rings is 1. The molecule has 0 unspecified atom stereocenters. The number of rotatable bonds is 5. The first-order valence-corrected chi connectivity index (χ1v) is 8.92. The summed E-state index contributed by atoms with van der Waals surface area (Å²) in [5.41, 5.74) is 3.70. The Morgan fingerprint density at radius 2 is 2.32 bits per heavy atom. The van der Waals surface area contributed by atoms with Gasteiger partial charge in [-0.2, -0.15) is 5.10 Å². The summed E-state index contributed by atoms with van der Waals surface area (Å²) in [4.78, 5) is 12.8. The number of hydrogen-bond donors (Lipinski definition) is 3. The van der Waals surface area contributed by atoms with Crippen molar-refractivity contribution in [2.75, 3.05) is 6.61 Å². The predicted octanol–water partition coefficient (Wildman–Crippen LogP) is 2.15. The second kappa shape index (κ2) is 6.52. The van der Waals surface area contributed by atoms with Gasteiger partial charge in [-0.1, -0.05) is 13.0 Å². The zero-order valence-electron chi connectivity index (χ0n) is 14.3. The molecule has 6 nitrogen and oxygen atoms in total. The average molecular weight is 341 g/mol. The molecule has 4 rings (SSSR count). The normalized spacial score (nSPS) is 22.6. The highest BCUT2D eigenvalue weighted by Crippen LogP contribution is 2.40. The van der Waals surface area contributed by atoms with E-state index in [1.807, 2.05) is 19.1 Å². The molecule has 2 aromatic rings. The quantitative estimate of drug-likeness (QED) is 0.778. The summed E-state index contributed by atoms with van der Waals surface area (Å²) >= 11 is 0. The second-order valence-corrected chi connectivity index (χ2v) is 6.92. The second-order valence-electron chi connectivity index (χ2n) is 6.92. The molecule has 1 fully saturated rings. The minimum Gasteiger partial charge on any atom is -0.493 e. The molecule has 132 valence electrons. The van der Waals surface area contributed by atoms with E-state index in [1.165, 1.54) is 5.56 Å². The van der Waals surface area contributed by atoms with Gasteiger partial charge >= 0.3 is 0 Å². The van der Waals surface area contributed by atoms with E-state index in [0.29, 0.717) is 25.0 Å². The van der Waals surface area contributed by atoms with Crippen LogP contribution in [0.15, 0.2) is 24.4 Å². The summed E-state index contributed by atoms with van der Waals surface area (Å²) in [7, 11) is 0. The monoisotopic (exact) mass is 341 g/mol. The van der Waals surface area contributed by atoms with E-state index in [1.54, 1.807) is 6.20 Å². The largest absolute Gasteiger partial charge is 0.493 e. The number of aliphatic hydroxyl groups is 1. The smallest absolute Gasteiger partial charge is 0.255 e. The zero-order valence-corrected chi connectivity index (χ0v) is 14.3. The Morgan fingerprint density at radius 3 is 3.08 bits per heavy atom. The topological polar surface area (TPSA) is 87.2 Å². The Hall–Kier alpha value is -2.34. The number of fused-ring (bicyclic) bond motifs is 1. The van der Waals surface area contributed by atoms with Crippen LogP contribution in [0.1, 0.15) is 53.0 Å². The van der Waals surface area contributed by atoms with E-state index >= 15 is 0 Å². The Kier molecular flexibility index (Phi) is 4.21. The Morgan fingerprint density at radius 1 is 1.48 bits per heavy atom. The molecular formula is C19H23N3O3. The van der Waals surface area contributed by atoms with Crippen LogP contribution in [0, 0.1) is 5.92 Å². The van der Waals surface area contributed by atoms with Crippen molar-refractivity contribution >= 4 is 5.91 Å². The van der Waals surface area contributed by atoms with Gasteiger partial charge in [0.15, 0.2) is 0 Å². The third-order valence-electron chi connectivity index (χ3n) is 5.30. The molecule has 3 N–H and O–H groups in total. The molecule has 25 heavy (non-hydrogen) atoms. The SMILES string of the molecule is CCc1[nH]ncc1C(=O)N[C@H](c1ccc2c(c1)CCO2)C1CC(O)C1. The molecule has 2 aliphatic rings. The number of amides is 1. The van der Waals surface area contributed by atoms with E-state index in [9.17, 15) is 9.90 Å². The first-order valence-electron chi connectivity index (χ1n) is 8.92. The Balaban J connectivity index is 1.59. The number of hydrogen-bond acceptors (Lipinski definition) is 4. The maximum absolute atomic E-state index is 12.8. The summed E-state index contributed by atoms with van der Waals surface area (Å²) in [6.07, 6.45) is 4.37. The first kappa shape index (κ1) is 16.1. The van der Waals surface area contributed by atoms with Crippen molar-refractivity contribution in [2.24, 2.45) is 5.92 Å². The number of aromatic nitrogens is 2. The van der Waals surface area contributed by atoms with Gasteiger partial charge in [0, 0.05) is 12.1 Å². The molecule has 1 aromatic heterocycles. The minimum absolute atomic E-state index is 0.110. The van der Waals surface area contributed by atoms with E-state index in [4.69, 9.17) is 4.74 Å². The summed E-state index contributed by atoms with van der Waals surface area (Å²) < 4.78 is 5.58. The molecular weight excluding hydrogens is 318 g/mol. The van der Waals surface area contributed by atoms with Crippen molar-refractivity contribution in [3.8, 4) is 5.75 Å². The van der Waals surface area contributed by atoms with Crippen LogP contribution in [0.3, 0.4) is 0 Å². The van der Waals surface area contributed by atoms with Gasteiger partial charge in [0.05, 0.1) is 30.5 Å². The lowest BCUT2D eigenvalue weighted by Gasteiger charge is -2.38. The van der Waals surface area contributed by atoms with Gasteiger partial charge in [-0.15, -0.1) is 0 Å². The fourth-order valence-corrected chi connectivity index (χ4v) is 3.77. The third kappa shape index (κ3) is 3.02. The highest BCUT2D eigenvalue weighted by Gasteiger charge is 2.36. The van der Waals surface area contributed by atoms with Crippen LogP contribution >= 0.6 is 0 Å². The summed E-state index contributed by atoms with van der Waals surface area (Å²) in [6, 6.07) is 6.03. The number of nitrogens with one attached hydrogen (secondary N) is 2. The van der Waals surface area contributed by atoms with Crippen LogP contribution in [0.4, 0.5) is 0 Å². The predicted molar refractivity (Wildman–Crippen MR) is 92.5 cm³/mol. The van der Waals surface area contributed by atoms with Gasteiger partial charge in [-0.25, -0.2) is 0 Å². The number of aliphatic hydroxyl groups excluding tert-OH is 1. The lowest BCUT2D eigenvalue weighted by molar-refractivity contribution is 0.0235. The number of H-pyrrole nitrogens is 1. The highest BCUT2D eigenvalue weighted by molar-refractivity contribution is 5.95. The standard InChI is InChI=1S/C19H23N3O3/c1-2-16-15(10-20-22-16)19(24)21-18(13-8-14(23)9-13)12-3-4-17-11(7-12)5-6-25-17/h3-4,7,10,13-14,18,23H,2,5-6,8-9H2,1H3,(H,20,22)(H,21,24)/t13?,14?,18-/m1/s1. The fraction of sp³-hybridized carbons (Fsp3) is 0.474. The molecule has 0 bridgehead atoms. The van der Waals surface area contributed by atoms with Crippen molar-refractivity contribution in [3.05, 3.63) is 46.8 Å². The lowest BCUT2D eigenvalue weighted by Crippen LogP contribution is -2.41. The molecule has 1 aromatic carbocycles. The van der Waals surface area contributed by atoms with E-state index < -0.39 is 0 Å². The van der Waals surface area contributed by atoms with Crippen molar-refractivity contribution in [3.63, 3.8) is 0 Å². The van der Waals surface area contributed by atoms with Gasteiger partial charge in [-0.05, 0) is 48.4 Å². The summed E-state index contributed by atoms with van der Waals surface area (Å²) in [5, 5.41) is 19.8. The van der Waals surface area contributed by atoms with Gasteiger partial charge in [0.25, 0.3) is 5.91 Å². The van der Waals surface area contributed by atoms with Crippen molar-refractivity contribution in [1.82, 2.24) is 15.5 Å². The van der Waals surface area contributed by atoms with E-state index in [0.717, 1.165) is 29.8 Å². The molecule has 1 amide bonds. The van der Waals surface area contributed by atoms with Crippen LogP contribution in [-0.2, 0) is 12.8 Å². The number of aromatic amines is 1. The van der Waals surface area contributed by atoms with Crippen molar-refractivity contribution in [2.45, 2.75) is 44.8 Å². The molecule has 1 aliphatic carbocycles. The third-order valence-corrected chi connectivity index (χ3v) is 5.30. The van der Waals surface area contributed by atoms with Gasteiger partial charge < -0.3 is 15.2 Å². The summed E-state index contributed by atoms with van der Waals surface area (Å²) in [6.45, 7) is 2.71. The van der Waals surface area contributed by atoms with Crippen LogP contribution < -0.4 is 10.1 Å². The van der Waals surface area contributed by atoms with Crippen LogP contribution in [0.5, 0.6) is 5.75 Å². The molecule has 1 aliphatic heterocycles. The van der Waals surface area contributed by atoms with Crippen molar-refractivity contribution in [1.29, 1.82) is 0 Å². The molecule has 2 heterocycles. The van der Waals surface area contributed by atoms with Gasteiger partial charge in [-0.3, -0.25) is 9.89 Å². The maximum Gasteiger partial charge on any atom is 0.255 e. The number of aryl methyl sites for hydroxylation is 1. The van der Waals surface area contributed by atoms with E-state index in [-0.39, 0.29) is 24.0 Å². The van der Waals surface area contributed by atoms with Crippen LogP contribution in [0.25, 0.3) is 0 Å². The minimum atomic E-state index is -0.262. The van der Waals surface area contributed by atoms with Crippen molar-refractivity contribution < 1.29 is 14.6 Å². The molecule has 0 saturated heterocycles. The number of ether oxygens (including phenoxy) is 1. The molecule has 0 radical (unpaired) electrons. The summed E-state index contributed by atoms with van der Waals surface area (Å²) in [5.74, 6) is 1.07. The van der Waals surface area contributed by atoms with Crippen LogP contribution in [0.2, 0.25) is 0 Å². The number of nitrogens with zero attached hydrogens (tertiary/aromatic N) is 1. The molecule has 6 heteroatoms. The number of carbonyl (C=O) groups excluding carboxylic acids is 1. The Bertz CT molecular complexity index is 780. The molecule has 0 spiro atoms. The fourth-order valence-electron chi connectivity index (χ4n) is 3.77. The maximum atomic E-state index is 12.8. The average Bonchev–Trinajstić information content (AvgIpc) is 3.24. The molecule has 1 saturated carbocycles.